The van der Waals surface area contributed by atoms with Crippen LogP contribution in [0.1, 0.15) is 86.3 Å². The molecule has 2 rings (SSSR count). The van der Waals surface area contributed by atoms with Crippen LogP contribution in [0.15, 0.2) is 29.1 Å². The number of pyridine rings is 1. The Morgan fingerprint density at radius 1 is 1.00 bits per heavy atom. The van der Waals surface area contributed by atoms with Gasteiger partial charge in [-0.1, -0.05) is 70.4 Å². The van der Waals surface area contributed by atoms with E-state index in [-0.39, 0.29) is 23.2 Å². The predicted octanol–water partition coefficient (Wildman–Crippen LogP) is 3.87. The highest BCUT2D eigenvalue weighted by atomic mass is 16.3. The third kappa shape index (κ3) is 5.67. The van der Waals surface area contributed by atoms with Crippen molar-refractivity contribution in [1.29, 1.82) is 0 Å². The number of nitrogen functional groups attached to an aromatic ring is 1. The number of rotatable bonds is 11. The molecule has 0 unspecified atom stereocenters. The average Bonchev–Trinajstić information content (AvgIpc) is 2.72. The highest BCUT2D eigenvalue weighted by molar-refractivity contribution is 6.04. The maximum absolute atomic E-state index is 12.8. The van der Waals surface area contributed by atoms with Crippen LogP contribution in [-0.4, -0.2) is 21.5 Å². The number of aromatic nitrogens is 1. The van der Waals surface area contributed by atoms with Gasteiger partial charge in [-0.3, -0.25) is 19.8 Å². The number of carbonyl (C=O) groups is 2. The molecule has 0 saturated heterocycles. The fourth-order valence-corrected chi connectivity index (χ4v) is 3.55. The van der Waals surface area contributed by atoms with E-state index in [1.54, 1.807) is 24.3 Å². The minimum atomic E-state index is -0.928. The summed E-state index contributed by atoms with van der Waals surface area (Å²) in [6.45, 7) is 2.20. The van der Waals surface area contributed by atoms with Crippen LogP contribution < -0.4 is 16.8 Å². The molecule has 2 aromatic rings. The van der Waals surface area contributed by atoms with Gasteiger partial charge in [0.1, 0.15) is 11.3 Å². The molecule has 0 saturated carbocycles. The van der Waals surface area contributed by atoms with Gasteiger partial charge >= 0.3 is 0 Å². The van der Waals surface area contributed by atoms with Crippen LogP contribution in [-0.2, 0) is 0 Å². The Bertz CT molecular complexity index is 905. The Balaban J connectivity index is 2.07. The molecule has 158 valence electrons. The third-order valence-electron chi connectivity index (χ3n) is 5.16. The van der Waals surface area contributed by atoms with Crippen molar-refractivity contribution in [3.05, 3.63) is 40.2 Å². The summed E-state index contributed by atoms with van der Waals surface area (Å²) in [7, 11) is 0. The van der Waals surface area contributed by atoms with Crippen molar-refractivity contribution in [2.24, 2.45) is 5.84 Å². The zero-order valence-corrected chi connectivity index (χ0v) is 17.1. The first-order valence-corrected chi connectivity index (χ1v) is 10.4. The van der Waals surface area contributed by atoms with Crippen LogP contribution in [0, 0.1) is 0 Å². The van der Waals surface area contributed by atoms with Crippen molar-refractivity contribution in [2.45, 2.75) is 71.1 Å². The van der Waals surface area contributed by atoms with E-state index in [0.717, 1.165) is 23.8 Å². The fourth-order valence-electron chi connectivity index (χ4n) is 3.55. The number of nitrogens with zero attached hydrogens (tertiary/aromatic N) is 1. The second-order valence-corrected chi connectivity index (χ2v) is 7.33. The monoisotopic (exact) mass is 401 g/mol. The lowest BCUT2D eigenvalue weighted by atomic mass is 10.1. The number of aromatic hydroxyl groups is 1. The van der Waals surface area contributed by atoms with Gasteiger partial charge in [0.05, 0.1) is 5.52 Å². The quantitative estimate of drug-likeness (QED) is 0.229. The molecule has 1 heterocycles. The van der Waals surface area contributed by atoms with E-state index in [9.17, 15) is 19.5 Å². The summed E-state index contributed by atoms with van der Waals surface area (Å²) in [5.74, 6) is 3.35. The Kier molecular flexibility index (Phi) is 8.86. The molecule has 0 fully saturated rings. The van der Waals surface area contributed by atoms with E-state index in [2.05, 4.69) is 6.92 Å². The van der Waals surface area contributed by atoms with Gasteiger partial charge in [0, 0.05) is 11.8 Å². The van der Waals surface area contributed by atoms with Crippen molar-refractivity contribution >= 4 is 22.7 Å². The Hall–Kier alpha value is -2.67. The minimum absolute atomic E-state index is 0.203. The van der Waals surface area contributed by atoms with Gasteiger partial charge in [-0.2, -0.15) is 0 Å². The first-order valence-electron chi connectivity index (χ1n) is 10.4. The minimum Gasteiger partial charge on any atom is -0.506 e. The fraction of sp³-hybridized carbons (Fsp3) is 0.500. The number of benzene rings is 1. The SMILES string of the molecule is CCCCCCCCCCCC(=O)n1c(=O)c(C(=O)NN)c(O)c2ccccc21. The summed E-state index contributed by atoms with van der Waals surface area (Å²) < 4.78 is 0.977. The smallest absolute Gasteiger partial charge is 0.274 e. The molecule has 1 aromatic carbocycles. The van der Waals surface area contributed by atoms with Gasteiger partial charge in [-0.05, 0) is 18.6 Å². The van der Waals surface area contributed by atoms with E-state index in [0.29, 0.717) is 6.42 Å². The second-order valence-electron chi connectivity index (χ2n) is 7.33. The van der Waals surface area contributed by atoms with Crippen molar-refractivity contribution in [3.63, 3.8) is 0 Å². The summed E-state index contributed by atoms with van der Waals surface area (Å²) in [5.41, 5.74) is 0.759. The molecule has 0 aliphatic heterocycles. The number of amides is 1. The zero-order chi connectivity index (χ0) is 21.2. The third-order valence-corrected chi connectivity index (χ3v) is 5.16. The molecule has 7 nitrogen and oxygen atoms in total. The molecule has 0 radical (unpaired) electrons. The van der Waals surface area contributed by atoms with Crippen molar-refractivity contribution in [1.82, 2.24) is 9.99 Å². The zero-order valence-electron chi connectivity index (χ0n) is 17.1. The first kappa shape index (κ1) is 22.6. The Morgan fingerprint density at radius 3 is 2.21 bits per heavy atom. The van der Waals surface area contributed by atoms with E-state index < -0.39 is 22.8 Å². The topological polar surface area (TPSA) is 114 Å². The Morgan fingerprint density at radius 2 is 1.59 bits per heavy atom. The number of hydrogen-bond acceptors (Lipinski definition) is 5. The molecular weight excluding hydrogens is 370 g/mol. The average molecular weight is 402 g/mol. The molecule has 29 heavy (non-hydrogen) atoms. The molecule has 0 spiro atoms. The number of nitrogens with two attached hydrogens (primary N) is 1. The van der Waals surface area contributed by atoms with Crippen molar-refractivity contribution in [2.75, 3.05) is 0 Å². The first-order chi connectivity index (χ1) is 14.0. The molecular formula is C22H31N3O4. The summed E-state index contributed by atoms with van der Waals surface area (Å²) in [4.78, 5) is 37.5. The van der Waals surface area contributed by atoms with Crippen molar-refractivity contribution in [3.8, 4) is 5.75 Å². The lowest BCUT2D eigenvalue weighted by Crippen LogP contribution is -2.38. The normalized spacial score (nSPS) is 11.0. The summed E-state index contributed by atoms with van der Waals surface area (Å²) in [6, 6.07) is 6.46. The molecule has 7 heteroatoms. The van der Waals surface area contributed by atoms with E-state index >= 15 is 0 Å². The molecule has 0 aliphatic rings. The second kappa shape index (κ2) is 11.4. The van der Waals surface area contributed by atoms with Gasteiger partial charge in [0.15, 0.2) is 0 Å². The van der Waals surface area contributed by atoms with Gasteiger partial charge in [0.2, 0.25) is 5.91 Å². The number of unbranched alkanes of at least 4 members (excludes halogenated alkanes) is 8. The number of hydrogen-bond donors (Lipinski definition) is 3. The highest BCUT2D eigenvalue weighted by Crippen LogP contribution is 2.26. The summed E-state index contributed by atoms with van der Waals surface area (Å²) in [6.07, 6.45) is 10.3. The molecule has 1 amide bonds. The molecule has 0 atom stereocenters. The molecule has 4 N–H and O–H groups in total. The number of carbonyl (C=O) groups excluding carboxylic acids is 2. The summed E-state index contributed by atoms with van der Waals surface area (Å²) >= 11 is 0. The van der Waals surface area contributed by atoms with Gasteiger partial charge in [-0.25, -0.2) is 10.4 Å². The van der Waals surface area contributed by atoms with E-state index in [1.165, 1.54) is 32.1 Å². The lowest BCUT2D eigenvalue weighted by Gasteiger charge is -2.13. The highest BCUT2D eigenvalue weighted by Gasteiger charge is 2.24. The van der Waals surface area contributed by atoms with E-state index in [1.807, 2.05) is 5.43 Å². The number of nitrogens with one attached hydrogen (secondary N) is 1. The molecule has 0 aliphatic carbocycles. The van der Waals surface area contributed by atoms with Gasteiger partial charge < -0.3 is 5.11 Å². The number of para-hydroxylation sites is 1. The molecule has 1 aromatic heterocycles. The maximum atomic E-state index is 12.8. The van der Waals surface area contributed by atoms with Crippen LogP contribution in [0.4, 0.5) is 0 Å². The van der Waals surface area contributed by atoms with Crippen LogP contribution >= 0.6 is 0 Å². The number of hydrazine groups is 1. The van der Waals surface area contributed by atoms with Crippen LogP contribution in [0.25, 0.3) is 10.9 Å². The Labute approximate surface area is 170 Å². The summed E-state index contributed by atoms with van der Waals surface area (Å²) in [5, 5.41) is 10.6. The lowest BCUT2D eigenvalue weighted by molar-refractivity contribution is 0.0899. The largest absolute Gasteiger partial charge is 0.506 e. The number of fused-ring (bicyclic) bond motifs is 1. The standard InChI is InChI=1S/C22H31N3O4/c1-2-3-4-5-6-7-8-9-10-15-18(26)25-17-14-12-11-13-16(17)20(27)19(22(25)29)21(28)24-23/h11-14,27H,2-10,15,23H2,1H3,(H,24,28). The van der Waals surface area contributed by atoms with Crippen LogP contribution in [0.5, 0.6) is 5.75 Å². The van der Waals surface area contributed by atoms with Gasteiger partial charge in [0.25, 0.3) is 11.5 Å². The van der Waals surface area contributed by atoms with Gasteiger partial charge in [-0.15, -0.1) is 0 Å². The molecule has 0 bridgehead atoms. The van der Waals surface area contributed by atoms with Crippen LogP contribution in [0.3, 0.4) is 0 Å². The van der Waals surface area contributed by atoms with E-state index in [4.69, 9.17) is 5.84 Å². The van der Waals surface area contributed by atoms with Crippen molar-refractivity contribution < 1.29 is 14.7 Å². The maximum Gasteiger partial charge on any atom is 0.274 e. The predicted molar refractivity (Wildman–Crippen MR) is 114 cm³/mol. The van der Waals surface area contributed by atoms with Crippen LogP contribution in [0.2, 0.25) is 0 Å².